The summed E-state index contributed by atoms with van der Waals surface area (Å²) in [5.74, 6) is 1.15. The van der Waals surface area contributed by atoms with E-state index in [1.54, 1.807) is 11.8 Å². The van der Waals surface area contributed by atoms with Crippen LogP contribution in [0.1, 0.15) is 41.9 Å². The summed E-state index contributed by atoms with van der Waals surface area (Å²) < 4.78 is 4.76. The lowest BCUT2D eigenvalue weighted by Crippen LogP contribution is -2.08. The Kier molecular flexibility index (Phi) is 3.49. The zero-order valence-corrected chi connectivity index (χ0v) is 10.3. The first-order chi connectivity index (χ1) is 7.76. The first kappa shape index (κ1) is 11.5. The zero-order valence-electron chi connectivity index (χ0n) is 9.53. The Morgan fingerprint density at radius 1 is 1.56 bits per heavy atom. The number of pyridine rings is 1. The van der Waals surface area contributed by atoms with Crippen molar-refractivity contribution in [3.05, 3.63) is 23.5 Å². The van der Waals surface area contributed by atoms with Gasteiger partial charge in [-0.25, -0.2) is 9.78 Å². The molecule has 0 saturated heterocycles. The monoisotopic (exact) mass is 237 g/mol. The van der Waals surface area contributed by atoms with Gasteiger partial charge in [0, 0.05) is 16.5 Å². The van der Waals surface area contributed by atoms with Crippen molar-refractivity contribution >= 4 is 17.7 Å². The van der Waals surface area contributed by atoms with Crippen molar-refractivity contribution < 1.29 is 9.53 Å². The minimum absolute atomic E-state index is 0.335. The molecule has 86 valence electrons. The van der Waals surface area contributed by atoms with E-state index >= 15 is 0 Å². The van der Waals surface area contributed by atoms with E-state index in [1.165, 1.54) is 20.0 Å². The number of hydrogen-bond donors (Lipinski definition) is 0. The van der Waals surface area contributed by atoms with Gasteiger partial charge in [0.25, 0.3) is 0 Å². The Hall–Kier alpha value is -1.03. The molecule has 0 amide bonds. The highest BCUT2D eigenvalue weighted by Gasteiger charge is 2.26. The van der Waals surface area contributed by atoms with Gasteiger partial charge < -0.3 is 4.74 Å². The number of thioether (sulfide) groups is 1. The summed E-state index contributed by atoms with van der Waals surface area (Å²) in [4.78, 5) is 17.0. The normalized spacial score (nSPS) is 14.9. The summed E-state index contributed by atoms with van der Waals surface area (Å²) >= 11 is 1.62. The van der Waals surface area contributed by atoms with Gasteiger partial charge in [0.1, 0.15) is 0 Å². The van der Waals surface area contributed by atoms with Crippen molar-refractivity contribution in [1.82, 2.24) is 4.98 Å². The van der Waals surface area contributed by atoms with Gasteiger partial charge in [0.15, 0.2) is 5.69 Å². The summed E-state index contributed by atoms with van der Waals surface area (Å²) in [5, 5.41) is 0. The van der Waals surface area contributed by atoms with Gasteiger partial charge in [-0.2, -0.15) is 0 Å². The van der Waals surface area contributed by atoms with Crippen molar-refractivity contribution in [1.29, 1.82) is 0 Å². The number of methoxy groups -OCH3 is 1. The van der Waals surface area contributed by atoms with Gasteiger partial charge in [-0.3, -0.25) is 0 Å². The fourth-order valence-corrected chi connectivity index (χ4v) is 2.32. The molecule has 1 saturated carbocycles. The molecule has 1 fully saturated rings. The Labute approximate surface area is 99.6 Å². The quantitative estimate of drug-likeness (QED) is 0.596. The minimum atomic E-state index is -0.335. The second-order valence-electron chi connectivity index (χ2n) is 3.78. The first-order valence-electron chi connectivity index (χ1n) is 5.48. The molecule has 1 aliphatic carbocycles. The Balaban J connectivity index is 2.33. The molecular formula is C12H15NO2S. The number of rotatable bonds is 4. The SMILES string of the molecule is CCSc1ccc(C2CC2)nc1C(=O)OC. The Morgan fingerprint density at radius 2 is 2.31 bits per heavy atom. The highest BCUT2D eigenvalue weighted by Crippen LogP contribution is 2.39. The highest BCUT2D eigenvalue weighted by molar-refractivity contribution is 7.99. The molecule has 16 heavy (non-hydrogen) atoms. The first-order valence-corrected chi connectivity index (χ1v) is 6.47. The molecular weight excluding hydrogens is 222 g/mol. The van der Waals surface area contributed by atoms with Gasteiger partial charge in [-0.15, -0.1) is 11.8 Å². The maximum Gasteiger partial charge on any atom is 0.357 e. The third-order valence-electron chi connectivity index (χ3n) is 2.55. The molecule has 2 rings (SSSR count). The summed E-state index contributed by atoms with van der Waals surface area (Å²) in [5.41, 5.74) is 1.50. The average Bonchev–Trinajstić information content (AvgIpc) is 3.13. The van der Waals surface area contributed by atoms with Crippen LogP contribution >= 0.6 is 11.8 Å². The van der Waals surface area contributed by atoms with Crippen LogP contribution in [0.5, 0.6) is 0 Å². The molecule has 0 aliphatic heterocycles. The van der Waals surface area contributed by atoms with E-state index in [0.717, 1.165) is 16.3 Å². The summed E-state index contributed by atoms with van der Waals surface area (Å²) in [7, 11) is 1.40. The molecule has 1 aromatic rings. The summed E-state index contributed by atoms with van der Waals surface area (Å²) in [6, 6.07) is 4.02. The van der Waals surface area contributed by atoms with Crippen LogP contribution in [0.25, 0.3) is 0 Å². The lowest BCUT2D eigenvalue weighted by molar-refractivity contribution is 0.0589. The lowest BCUT2D eigenvalue weighted by atomic mass is 10.2. The zero-order chi connectivity index (χ0) is 11.5. The van der Waals surface area contributed by atoms with E-state index in [2.05, 4.69) is 11.9 Å². The third kappa shape index (κ3) is 2.38. The van der Waals surface area contributed by atoms with E-state index in [1.807, 2.05) is 12.1 Å². The number of aromatic nitrogens is 1. The number of carbonyl (C=O) groups is 1. The van der Waals surface area contributed by atoms with Gasteiger partial charge in [0.05, 0.1) is 7.11 Å². The maximum atomic E-state index is 11.6. The van der Waals surface area contributed by atoms with Gasteiger partial charge in [-0.1, -0.05) is 6.92 Å². The van der Waals surface area contributed by atoms with Gasteiger partial charge in [-0.05, 0) is 30.7 Å². The van der Waals surface area contributed by atoms with E-state index in [9.17, 15) is 4.79 Å². The molecule has 0 spiro atoms. The second kappa shape index (κ2) is 4.87. The van der Waals surface area contributed by atoms with Gasteiger partial charge in [0.2, 0.25) is 0 Å². The largest absolute Gasteiger partial charge is 0.464 e. The van der Waals surface area contributed by atoms with Crippen LogP contribution in [0.4, 0.5) is 0 Å². The third-order valence-corrected chi connectivity index (χ3v) is 3.48. The molecule has 1 aromatic heterocycles. The molecule has 0 atom stereocenters. The molecule has 0 radical (unpaired) electrons. The van der Waals surface area contributed by atoms with Crippen LogP contribution in [0.2, 0.25) is 0 Å². The van der Waals surface area contributed by atoms with E-state index in [4.69, 9.17) is 4.74 Å². The molecule has 1 aliphatic rings. The van der Waals surface area contributed by atoms with Crippen molar-refractivity contribution in [3.63, 3.8) is 0 Å². The van der Waals surface area contributed by atoms with Crippen molar-refractivity contribution in [2.24, 2.45) is 0 Å². The fraction of sp³-hybridized carbons (Fsp3) is 0.500. The average molecular weight is 237 g/mol. The molecule has 0 unspecified atom stereocenters. The molecule has 3 nitrogen and oxygen atoms in total. The van der Waals surface area contributed by atoms with Crippen molar-refractivity contribution in [3.8, 4) is 0 Å². The van der Waals surface area contributed by atoms with Crippen LogP contribution in [0.15, 0.2) is 17.0 Å². The molecule has 1 heterocycles. The lowest BCUT2D eigenvalue weighted by Gasteiger charge is -2.07. The van der Waals surface area contributed by atoms with E-state index < -0.39 is 0 Å². The number of nitrogens with zero attached hydrogens (tertiary/aromatic N) is 1. The summed E-state index contributed by atoms with van der Waals surface area (Å²) in [6.45, 7) is 2.06. The standard InChI is InChI=1S/C12H15NO2S/c1-3-16-10-7-6-9(8-4-5-8)13-11(10)12(14)15-2/h6-8H,3-5H2,1-2H3. The van der Waals surface area contributed by atoms with Gasteiger partial charge >= 0.3 is 5.97 Å². The number of ether oxygens (including phenoxy) is 1. The molecule has 0 aromatic carbocycles. The maximum absolute atomic E-state index is 11.6. The van der Waals surface area contributed by atoms with Crippen LogP contribution in [-0.4, -0.2) is 23.8 Å². The second-order valence-corrected chi connectivity index (χ2v) is 5.09. The Morgan fingerprint density at radius 3 is 2.88 bits per heavy atom. The minimum Gasteiger partial charge on any atom is -0.464 e. The predicted molar refractivity (Wildman–Crippen MR) is 63.9 cm³/mol. The predicted octanol–water partition coefficient (Wildman–Crippen LogP) is 2.86. The number of carbonyl (C=O) groups excluding carboxylic acids is 1. The van der Waals surface area contributed by atoms with Crippen molar-refractivity contribution in [2.45, 2.75) is 30.6 Å². The molecule has 4 heteroatoms. The summed E-state index contributed by atoms with van der Waals surface area (Å²) in [6.07, 6.45) is 2.38. The van der Waals surface area contributed by atoms with Crippen LogP contribution in [-0.2, 0) is 4.74 Å². The van der Waals surface area contributed by atoms with Crippen molar-refractivity contribution in [2.75, 3.05) is 12.9 Å². The number of esters is 1. The topological polar surface area (TPSA) is 39.2 Å². The molecule has 0 N–H and O–H groups in total. The molecule has 0 bridgehead atoms. The fourth-order valence-electron chi connectivity index (χ4n) is 1.58. The smallest absolute Gasteiger partial charge is 0.357 e. The number of hydrogen-bond acceptors (Lipinski definition) is 4. The van der Waals surface area contributed by atoms with E-state index in [0.29, 0.717) is 11.6 Å². The van der Waals surface area contributed by atoms with E-state index in [-0.39, 0.29) is 5.97 Å². The highest BCUT2D eigenvalue weighted by atomic mass is 32.2. The van der Waals surface area contributed by atoms with Crippen LogP contribution < -0.4 is 0 Å². The van der Waals surface area contributed by atoms with Crippen LogP contribution in [0.3, 0.4) is 0 Å². The van der Waals surface area contributed by atoms with Crippen LogP contribution in [0, 0.1) is 0 Å². The Bertz CT molecular complexity index is 402.